The zero-order chi connectivity index (χ0) is 82.3. The maximum Gasteiger partial charge on any atom is 0.340 e. The molecule has 0 saturated heterocycles. The number of imidazole rings is 1. The minimum atomic E-state index is -1.08. The zero-order valence-corrected chi connectivity index (χ0v) is 71.3. The summed E-state index contributed by atoms with van der Waals surface area (Å²) in [5.41, 5.74) is 12.3. The van der Waals surface area contributed by atoms with Crippen molar-refractivity contribution in [1.29, 1.82) is 0 Å². The monoisotopic (exact) mass is 1700 g/mol. The highest BCUT2D eigenvalue weighted by Crippen LogP contribution is 2.43. The van der Waals surface area contributed by atoms with Crippen LogP contribution in [0.2, 0.25) is 0 Å². The molecule has 3 fully saturated rings. The summed E-state index contributed by atoms with van der Waals surface area (Å²) in [4.78, 5) is 89.1. The number of alkyl halides is 1. The SMILES string of the molecule is COC(=O)c1cc2oc3ccc(CCl)cc3c2cc1N(C(=O)C1CCC(C)CC1)C(C)C.COC(=O)c1cc2oc3ccc(COCc4ccc(I)cc4)cc3c2cc1N(C(=O)C1CCC(C)CC1)C(C)C.Cc1nccn1-c1ccc(COCc2ccc3oc4cc(C(=O)O)c(N(C(=O)C5CCC(C)CC5)C(C)C)cc4c3c2)cc1. The molecule has 3 saturated carbocycles. The minimum absolute atomic E-state index is 0.00355. The quantitative estimate of drug-likeness (QED) is 0.0378. The lowest BCUT2D eigenvalue weighted by Crippen LogP contribution is -2.43. The van der Waals surface area contributed by atoms with Crippen molar-refractivity contribution in [3.8, 4) is 5.69 Å². The Morgan fingerprint density at radius 2 is 0.767 bits per heavy atom. The molecule has 15 rings (SSSR count). The van der Waals surface area contributed by atoms with E-state index in [0.717, 1.165) is 149 Å². The molecule has 21 heteroatoms. The van der Waals surface area contributed by atoms with Gasteiger partial charge in [-0.1, -0.05) is 63.2 Å². The van der Waals surface area contributed by atoms with Crippen LogP contribution in [0.5, 0.6) is 0 Å². The molecular formula is C95H105ClIN5O14. The predicted molar refractivity (Wildman–Crippen MR) is 466 cm³/mol. The van der Waals surface area contributed by atoms with Crippen molar-refractivity contribution in [3.05, 3.63) is 206 Å². The Bertz CT molecular complexity index is 5560. The first-order valence-electron chi connectivity index (χ1n) is 40.7. The van der Waals surface area contributed by atoms with Gasteiger partial charge in [-0.15, -0.1) is 11.6 Å². The number of carbonyl (C=O) groups is 6. The molecular weight excluding hydrogens is 1600 g/mol. The minimum Gasteiger partial charge on any atom is -0.478 e. The molecule has 12 aromatic rings. The molecule has 1 N–H and O–H groups in total. The summed E-state index contributed by atoms with van der Waals surface area (Å²) in [6.07, 6.45) is 15.1. The molecule has 4 heterocycles. The van der Waals surface area contributed by atoms with Crippen LogP contribution in [0.3, 0.4) is 0 Å². The van der Waals surface area contributed by atoms with E-state index in [4.69, 9.17) is 43.8 Å². The van der Waals surface area contributed by atoms with Gasteiger partial charge in [0.1, 0.15) is 39.3 Å². The number of carboxylic acids is 1. The Kier molecular flexibility index (Phi) is 26.9. The van der Waals surface area contributed by atoms with Crippen molar-refractivity contribution in [2.24, 2.45) is 35.5 Å². The smallest absolute Gasteiger partial charge is 0.340 e. The Labute approximate surface area is 696 Å². The maximum atomic E-state index is 13.9. The molecule has 4 aromatic heterocycles. The van der Waals surface area contributed by atoms with E-state index in [-0.39, 0.29) is 59.2 Å². The van der Waals surface area contributed by atoms with E-state index in [1.807, 2.05) is 126 Å². The molecule has 0 radical (unpaired) electrons. The van der Waals surface area contributed by atoms with Gasteiger partial charge in [0.2, 0.25) is 17.7 Å². The number of aryl methyl sites for hydroxylation is 1. The van der Waals surface area contributed by atoms with Crippen LogP contribution in [-0.2, 0) is 65.6 Å². The van der Waals surface area contributed by atoms with Crippen molar-refractivity contribution in [2.45, 2.75) is 197 Å². The van der Waals surface area contributed by atoms with E-state index in [0.29, 0.717) is 112 Å². The highest BCUT2D eigenvalue weighted by Gasteiger charge is 2.37. The lowest BCUT2D eigenvalue weighted by atomic mass is 9.82. The second-order valence-corrected chi connectivity index (χ2v) is 34.2. The second-order valence-electron chi connectivity index (χ2n) is 32.7. The lowest BCUT2D eigenvalue weighted by molar-refractivity contribution is -0.124. The van der Waals surface area contributed by atoms with Gasteiger partial charge in [-0.2, -0.15) is 0 Å². The molecule has 8 aromatic carbocycles. The molecule has 608 valence electrons. The number of aromatic carboxylic acids is 1. The third-order valence-electron chi connectivity index (χ3n) is 23.3. The number of anilines is 3. The molecule has 3 aliphatic carbocycles. The topological polar surface area (TPSA) is 227 Å². The van der Waals surface area contributed by atoms with Gasteiger partial charge >= 0.3 is 17.9 Å². The number of benzene rings is 8. The number of aromatic nitrogens is 2. The van der Waals surface area contributed by atoms with Crippen molar-refractivity contribution >= 4 is 153 Å². The van der Waals surface area contributed by atoms with Crippen LogP contribution in [0.15, 0.2) is 165 Å². The number of furan rings is 3. The largest absolute Gasteiger partial charge is 0.478 e. The van der Waals surface area contributed by atoms with Crippen LogP contribution in [0.4, 0.5) is 17.1 Å². The summed E-state index contributed by atoms with van der Waals surface area (Å²) in [7, 11) is 2.72. The first-order valence-corrected chi connectivity index (χ1v) is 42.3. The third-order valence-corrected chi connectivity index (χ3v) is 24.3. The first kappa shape index (κ1) is 84.1. The first-order chi connectivity index (χ1) is 55.8. The summed E-state index contributed by atoms with van der Waals surface area (Å²) < 4.78 is 43.8. The summed E-state index contributed by atoms with van der Waals surface area (Å²) >= 11 is 8.34. The number of nitrogens with zero attached hydrogens (tertiary/aromatic N) is 5. The Balaban J connectivity index is 0.000000153. The molecule has 0 atom stereocenters. The Hall–Kier alpha value is -9.87. The van der Waals surface area contributed by atoms with Crippen molar-refractivity contribution in [2.75, 3.05) is 28.9 Å². The van der Waals surface area contributed by atoms with Gasteiger partial charge in [-0.05, 0) is 291 Å². The van der Waals surface area contributed by atoms with Gasteiger partial charge in [0, 0.05) is 95.7 Å². The fourth-order valence-electron chi connectivity index (χ4n) is 16.8. The fraction of sp³-hybridized carbons (Fsp3) is 0.400. The number of halogens is 2. The Morgan fingerprint density at radius 1 is 0.448 bits per heavy atom. The summed E-state index contributed by atoms with van der Waals surface area (Å²) in [6.45, 7) is 22.4. The number of amides is 3. The maximum absolute atomic E-state index is 13.9. The summed E-state index contributed by atoms with van der Waals surface area (Å²) in [6, 6.07) is 44.4. The van der Waals surface area contributed by atoms with Crippen molar-refractivity contribution in [1.82, 2.24) is 9.55 Å². The summed E-state index contributed by atoms with van der Waals surface area (Å²) in [5.74, 6) is 1.17. The highest BCUT2D eigenvalue weighted by atomic mass is 127. The predicted octanol–water partition coefficient (Wildman–Crippen LogP) is 23.0. The fourth-order valence-corrected chi connectivity index (χ4v) is 17.3. The van der Waals surface area contributed by atoms with Crippen LogP contribution >= 0.6 is 34.2 Å². The number of ether oxygens (including phenoxy) is 4. The average molecular weight is 1700 g/mol. The van der Waals surface area contributed by atoms with E-state index in [2.05, 4.69) is 103 Å². The van der Waals surface area contributed by atoms with Crippen molar-refractivity contribution in [3.63, 3.8) is 0 Å². The molecule has 0 unspecified atom stereocenters. The van der Waals surface area contributed by atoms with E-state index in [1.54, 1.807) is 39.1 Å². The van der Waals surface area contributed by atoms with E-state index >= 15 is 0 Å². The molecule has 0 spiro atoms. The molecule has 3 amide bonds. The number of hydrogen-bond donors (Lipinski definition) is 1. The van der Waals surface area contributed by atoms with Crippen LogP contribution < -0.4 is 14.7 Å². The van der Waals surface area contributed by atoms with E-state index in [9.17, 15) is 33.9 Å². The van der Waals surface area contributed by atoms with Gasteiger partial charge in [-0.25, -0.2) is 19.4 Å². The van der Waals surface area contributed by atoms with Crippen LogP contribution in [0.1, 0.15) is 204 Å². The summed E-state index contributed by atoms with van der Waals surface area (Å²) in [5, 5.41) is 15.4. The van der Waals surface area contributed by atoms with Gasteiger partial charge in [0.25, 0.3) is 0 Å². The number of esters is 2. The number of hydrogen-bond acceptors (Lipinski definition) is 14. The molecule has 116 heavy (non-hydrogen) atoms. The number of carbonyl (C=O) groups excluding carboxylic acids is 5. The van der Waals surface area contributed by atoms with Gasteiger partial charge in [0.15, 0.2) is 0 Å². The Morgan fingerprint density at radius 3 is 1.10 bits per heavy atom. The van der Waals surface area contributed by atoms with Gasteiger partial charge in [-0.3, -0.25) is 14.4 Å². The van der Waals surface area contributed by atoms with Crippen molar-refractivity contribution < 1.29 is 66.1 Å². The van der Waals surface area contributed by atoms with E-state index < -0.39 is 17.9 Å². The van der Waals surface area contributed by atoms with Crippen LogP contribution in [0.25, 0.3) is 71.5 Å². The zero-order valence-electron chi connectivity index (χ0n) is 68.4. The third kappa shape index (κ3) is 18.7. The van der Waals surface area contributed by atoms with Crippen LogP contribution in [0, 0.1) is 46.0 Å². The lowest BCUT2D eigenvalue weighted by Gasteiger charge is -2.34. The van der Waals surface area contributed by atoms with Gasteiger partial charge < -0.3 is 56.6 Å². The van der Waals surface area contributed by atoms with Crippen LogP contribution in [-0.4, -0.2) is 82.6 Å². The molecule has 0 bridgehead atoms. The average Bonchev–Trinajstić information content (AvgIpc) is 1.59. The molecule has 0 aliphatic heterocycles. The normalized spacial score (nSPS) is 17.7. The standard InChI is InChI=1S/C36H39N3O5.C33H36INO5.C26H30ClNO4/c1-22(2)39(35(40)27-10-5-23(3)6-11-27)32-18-30-29-17-26(9-14-33(29)44-34(30)19-31(32)36(41)42)21-43-20-25-7-12-28(13-8-25)38-16-15-37-24(38)4;1-20(2)35(32(36)24-10-5-21(3)6-11-24)29-16-27-26-15-23(19-39-18-22-7-12-25(34)13-8-22)9-14-30(26)40-31(27)17-28(29)33(37)38-4;1-15(2)28(25(29)18-8-5-16(3)6-9-18)22-12-20-19-11-17(14-27)7-10-23(19)32-24(20)13-21(22)26(30)31-4/h7-9,12-19,22-23,27H,5-6,10-11,20-21H2,1-4H3,(H,41,42);7-9,12-17,20-21,24H,5-6,10-11,18-19H2,1-4H3;7,10-13,15-16,18H,5-6,8-9,14H2,1-4H3. The highest BCUT2D eigenvalue weighted by molar-refractivity contribution is 14.1. The number of rotatable bonds is 22. The van der Waals surface area contributed by atoms with Gasteiger partial charge in [0.05, 0.1) is 74.4 Å². The number of carboxylic acid groups (broad SMARTS) is 1. The van der Waals surface area contributed by atoms with E-state index in [1.165, 1.54) is 17.8 Å². The number of methoxy groups -OCH3 is 2. The number of fused-ring (bicyclic) bond motifs is 9. The second kappa shape index (κ2) is 37.2. The molecule has 19 nitrogen and oxygen atoms in total. The molecule has 3 aliphatic rings.